The van der Waals surface area contributed by atoms with Crippen molar-refractivity contribution in [2.45, 2.75) is 6.42 Å². The summed E-state index contributed by atoms with van der Waals surface area (Å²) in [4.78, 5) is 16.7. The van der Waals surface area contributed by atoms with Crippen molar-refractivity contribution < 1.29 is 22.4 Å². The molecule has 0 saturated carbocycles. The molecule has 0 saturated heterocycles. The maximum atomic E-state index is 13.8. The number of aromatic nitrogens is 2. The lowest BCUT2D eigenvalue weighted by Gasteiger charge is -2.08. The fourth-order valence-electron chi connectivity index (χ4n) is 3.04. The van der Waals surface area contributed by atoms with E-state index in [2.05, 4.69) is 10.3 Å². The van der Waals surface area contributed by atoms with E-state index in [4.69, 9.17) is 0 Å². The van der Waals surface area contributed by atoms with Crippen molar-refractivity contribution in [3.05, 3.63) is 89.6 Å². The Labute approximate surface area is 162 Å². The van der Waals surface area contributed by atoms with E-state index in [1.807, 2.05) is 0 Å². The Hall–Kier alpha value is -3.68. The van der Waals surface area contributed by atoms with Gasteiger partial charge in [0.25, 0.3) is 0 Å². The van der Waals surface area contributed by atoms with Crippen molar-refractivity contribution in [2.75, 3.05) is 5.32 Å². The number of pyridine rings is 1. The van der Waals surface area contributed by atoms with Crippen LogP contribution < -0.4 is 5.32 Å². The van der Waals surface area contributed by atoms with Gasteiger partial charge >= 0.3 is 0 Å². The Balaban J connectivity index is 1.75. The van der Waals surface area contributed by atoms with Crippen molar-refractivity contribution in [3.8, 4) is 11.3 Å². The molecule has 4 aromatic rings. The molecular weight excluding hydrogens is 386 g/mol. The Bertz CT molecular complexity index is 1200. The molecule has 0 unspecified atom stereocenters. The third-order valence-electron chi connectivity index (χ3n) is 4.25. The van der Waals surface area contributed by atoms with Gasteiger partial charge in [-0.2, -0.15) is 0 Å². The molecule has 0 radical (unpaired) electrons. The Morgan fingerprint density at radius 3 is 2.21 bits per heavy atom. The van der Waals surface area contributed by atoms with E-state index in [0.717, 1.165) is 18.3 Å². The van der Waals surface area contributed by atoms with E-state index in [9.17, 15) is 22.4 Å². The van der Waals surface area contributed by atoms with Gasteiger partial charge in [0.05, 0.1) is 12.1 Å². The summed E-state index contributed by atoms with van der Waals surface area (Å²) < 4.78 is 55.6. The van der Waals surface area contributed by atoms with E-state index in [-0.39, 0.29) is 29.1 Å². The van der Waals surface area contributed by atoms with Gasteiger partial charge in [0.15, 0.2) is 5.82 Å². The summed E-state index contributed by atoms with van der Waals surface area (Å²) in [6.45, 7) is 0. The van der Waals surface area contributed by atoms with Crippen LogP contribution in [0.5, 0.6) is 0 Å². The Morgan fingerprint density at radius 2 is 1.52 bits per heavy atom. The zero-order chi connectivity index (χ0) is 20.5. The van der Waals surface area contributed by atoms with Gasteiger partial charge in [-0.3, -0.25) is 9.20 Å². The third kappa shape index (κ3) is 3.96. The van der Waals surface area contributed by atoms with Crippen molar-refractivity contribution in [1.29, 1.82) is 0 Å². The molecule has 1 N–H and O–H groups in total. The van der Waals surface area contributed by atoms with Gasteiger partial charge in [0.2, 0.25) is 5.91 Å². The molecule has 0 aliphatic carbocycles. The molecule has 0 aliphatic rings. The molecule has 0 fully saturated rings. The van der Waals surface area contributed by atoms with Crippen molar-refractivity contribution >= 4 is 17.4 Å². The SMILES string of the molecule is O=C(Cc1ccc(F)cc1)Nc1nc2ccc(F)cn2c1-c1cc(F)cc(F)c1. The largest absolute Gasteiger partial charge is 0.309 e. The molecule has 8 heteroatoms. The number of amides is 1. The molecule has 0 bridgehead atoms. The molecule has 0 spiro atoms. The fourth-order valence-corrected chi connectivity index (χ4v) is 3.04. The number of benzene rings is 2. The average Bonchev–Trinajstić information content (AvgIpc) is 2.99. The topological polar surface area (TPSA) is 46.4 Å². The summed E-state index contributed by atoms with van der Waals surface area (Å²) in [6, 6.07) is 10.8. The van der Waals surface area contributed by atoms with Gasteiger partial charge in [-0.05, 0) is 42.0 Å². The second-order valence-electron chi connectivity index (χ2n) is 6.39. The number of hydrogen-bond donors (Lipinski definition) is 1. The van der Waals surface area contributed by atoms with Crippen LogP contribution in [0.4, 0.5) is 23.4 Å². The summed E-state index contributed by atoms with van der Waals surface area (Å²) in [7, 11) is 0. The number of fused-ring (bicyclic) bond motifs is 1. The van der Waals surface area contributed by atoms with Crippen molar-refractivity contribution in [1.82, 2.24) is 9.38 Å². The lowest BCUT2D eigenvalue weighted by molar-refractivity contribution is -0.115. The average molecular weight is 399 g/mol. The minimum atomic E-state index is -0.824. The van der Waals surface area contributed by atoms with E-state index >= 15 is 0 Å². The lowest BCUT2D eigenvalue weighted by atomic mass is 10.1. The van der Waals surface area contributed by atoms with Crippen LogP contribution in [0.25, 0.3) is 16.9 Å². The third-order valence-corrected chi connectivity index (χ3v) is 4.25. The van der Waals surface area contributed by atoms with Crippen LogP contribution in [0, 0.1) is 23.3 Å². The Morgan fingerprint density at radius 1 is 0.862 bits per heavy atom. The number of carbonyl (C=O) groups is 1. The highest BCUT2D eigenvalue weighted by molar-refractivity contribution is 5.95. The number of anilines is 1. The number of rotatable bonds is 4. The van der Waals surface area contributed by atoms with Crippen LogP contribution in [0.3, 0.4) is 0 Å². The smallest absolute Gasteiger partial charge is 0.230 e. The number of nitrogens with one attached hydrogen (secondary N) is 1. The molecule has 0 atom stereocenters. The minimum absolute atomic E-state index is 0.0210. The van der Waals surface area contributed by atoms with Gasteiger partial charge < -0.3 is 5.32 Å². The normalized spacial score (nSPS) is 11.0. The molecule has 0 aliphatic heterocycles. The number of carbonyl (C=O) groups excluding carboxylic acids is 1. The van der Waals surface area contributed by atoms with Gasteiger partial charge in [0, 0.05) is 17.8 Å². The number of imidazole rings is 1. The molecule has 1 amide bonds. The van der Waals surface area contributed by atoms with Crippen molar-refractivity contribution in [2.24, 2.45) is 0 Å². The molecule has 2 heterocycles. The van der Waals surface area contributed by atoms with Crippen LogP contribution in [0.1, 0.15) is 5.56 Å². The zero-order valence-electron chi connectivity index (χ0n) is 14.8. The van der Waals surface area contributed by atoms with E-state index < -0.39 is 29.2 Å². The summed E-state index contributed by atoms with van der Waals surface area (Å²) in [5, 5.41) is 2.59. The first-order chi connectivity index (χ1) is 13.9. The summed E-state index contributed by atoms with van der Waals surface area (Å²) in [5.41, 5.74) is 1.06. The maximum absolute atomic E-state index is 13.8. The molecule has 2 aromatic carbocycles. The number of nitrogens with zero attached hydrogens (tertiary/aromatic N) is 2. The minimum Gasteiger partial charge on any atom is -0.309 e. The first-order valence-electron chi connectivity index (χ1n) is 8.57. The molecule has 146 valence electrons. The summed E-state index contributed by atoms with van der Waals surface area (Å²) in [6.07, 6.45) is 1.04. The van der Waals surface area contributed by atoms with Gasteiger partial charge in [-0.25, -0.2) is 22.5 Å². The number of halogens is 4. The molecular formula is C21H13F4N3O. The van der Waals surface area contributed by atoms with Gasteiger partial charge in [0.1, 0.15) is 28.9 Å². The van der Waals surface area contributed by atoms with Crippen LogP contribution in [0.15, 0.2) is 60.8 Å². The van der Waals surface area contributed by atoms with E-state index in [1.54, 1.807) is 0 Å². The highest BCUT2D eigenvalue weighted by Gasteiger charge is 2.18. The lowest BCUT2D eigenvalue weighted by Crippen LogP contribution is -2.15. The molecule has 4 nitrogen and oxygen atoms in total. The van der Waals surface area contributed by atoms with Crippen LogP contribution >= 0.6 is 0 Å². The zero-order valence-corrected chi connectivity index (χ0v) is 14.8. The first kappa shape index (κ1) is 18.7. The standard InChI is InChI=1S/C21H13F4N3O/c22-14-3-1-12(2-4-14)7-19(29)27-21-20(13-8-16(24)10-17(25)9-13)28-11-15(23)5-6-18(28)26-21/h1-6,8-11H,7H2,(H,27,29). The molecule has 2 aromatic heterocycles. The maximum Gasteiger partial charge on any atom is 0.230 e. The number of hydrogen-bond acceptors (Lipinski definition) is 2. The predicted molar refractivity (Wildman–Crippen MR) is 99.2 cm³/mol. The van der Waals surface area contributed by atoms with Crippen LogP contribution in [-0.2, 0) is 11.2 Å². The molecule has 29 heavy (non-hydrogen) atoms. The second kappa shape index (κ2) is 7.38. The predicted octanol–water partition coefficient (Wildman–Crippen LogP) is 4.74. The first-order valence-corrected chi connectivity index (χ1v) is 8.57. The van der Waals surface area contributed by atoms with Crippen LogP contribution in [-0.4, -0.2) is 15.3 Å². The van der Waals surface area contributed by atoms with E-state index in [1.165, 1.54) is 40.8 Å². The van der Waals surface area contributed by atoms with E-state index in [0.29, 0.717) is 11.6 Å². The highest BCUT2D eigenvalue weighted by atomic mass is 19.1. The van der Waals surface area contributed by atoms with Gasteiger partial charge in [-0.15, -0.1) is 0 Å². The van der Waals surface area contributed by atoms with Crippen LogP contribution in [0.2, 0.25) is 0 Å². The fraction of sp³-hybridized carbons (Fsp3) is 0.0476. The van der Waals surface area contributed by atoms with Crippen molar-refractivity contribution in [3.63, 3.8) is 0 Å². The second-order valence-corrected chi connectivity index (χ2v) is 6.39. The summed E-state index contributed by atoms with van der Waals surface area (Å²) >= 11 is 0. The monoisotopic (exact) mass is 399 g/mol. The molecule has 4 rings (SSSR count). The Kier molecular flexibility index (Phi) is 4.75. The highest BCUT2D eigenvalue weighted by Crippen LogP contribution is 2.30. The summed E-state index contributed by atoms with van der Waals surface area (Å²) in [5.74, 6) is -3.11. The van der Waals surface area contributed by atoms with Gasteiger partial charge in [-0.1, -0.05) is 12.1 Å². The quantitative estimate of drug-likeness (QED) is 0.504.